The molecule has 20 heavy (non-hydrogen) atoms. The van der Waals surface area contributed by atoms with Crippen LogP contribution in [-0.4, -0.2) is 23.0 Å². The van der Waals surface area contributed by atoms with Crippen LogP contribution in [0.3, 0.4) is 0 Å². The predicted molar refractivity (Wildman–Crippen MR) is 76.4 cm³/mol. The minimum absolute atomic E-state index is 0.465. The first-order valence-corrected chi connectivity index (χ1v) is 6.57. The van der Waals surface area contributed by atoms with Crippen LogP contribution < -0.4 is 0 Å². The van der Waals surface area contributed by atoms with E-state index >= 15 is 0 Å². The topological polar surface area (TPSA) is 53.7 Å². The van der Waals surface area contributed by atoms with E-state index in [-0.39, 0.29) is 0 Å². The zero-order valence-corrected chi connectivity index (χ0v) is 11.7. The lowest BCUT2D eigenvalue weighted by atomic mass is 10.00. The van der Waals surface area contributed by atoms with Gasteiger partial charge >= 0.3 is 5.97 Å². The first kappa shape index (κ1) is 14.3. The Balaban J connectivity index is 1.95. The van der Waals surface area contributed by atoms with E-state index in [1.54, 1.807) is 19.5 Å². The van der Waals surface area contributed by atoms with Crippen molar-refractivity contribution in [2.75, 3.05) is 7.05 Å². The molecule has 0 saturated heterocycles. The van der Waals surface area contributed by atoms with Crippen molar-refractivity contribution in [2.45, 2.75) is 25.9 Å². The molecule has 0 fully saturated rings. The first-order valence-electron chi connectivity index (χ1n) is 6.57. The molecule has 4 heteroatoms. The van der Waals surface area contributed by atoms with Gasteiger partial charge in [0.2, 0.25) is 0 Å². The van der Waals surface area contributed by atoms with Gasteiger partial charge in [0.15, 0.2) is 0 Å². The molecule has 0 amide bonds. The molecule has 0 aliphatic carbocycles. The van der Waals surface area contributed by atoms with Crippen LogP contribution in [0.25, 0.3) is 0 Å². The van der Waals surface area contributed by atoms with Crippen LogP contribution >= 0.6 is 0 Å². The minimum Gasteiger partial charge on any atom is -0.481 e. The second-order valence-corrected chi connectivity index (χ2v) is 5.11. The molecule has 1 unspecified atom stereocenters. The van der Waals surface area contributed by atoms with Crippen LogP contribution in [0.1, 0.15) is 29.5 Å². The summed E-state index contributed by atoms with van der Waals surface area (Å²) >= 11 is 0. The Morgan fingerprint density at radius 3 is 2.40 bits per heavy atom. The molecule has 0 bridgehead atoms. The summed E-state index contributed by atoms with van der Waals surface area (Å²) in [7, 11) is 2.04. The summed E-state index contributed by atoms with van der Waals surface area (Å²) in [6, 6.07) is 9.70. The monoisotopic (exact) mass is 273 g/mol. The Labute approximate surface area is 118 Å². The second kappa shape index (κ2) is 6.39. The summed E-state index contributed by atoms with van der Waals surface area (Å²) < 4.78 is 5.05. The van der Waals surface area contributed by atoms with E-state index in [2.05, 4.69) is 4.90 Å². The van der Waals surface area contributed by atoms with Crippen LogP contribution in [0, 0.1) is 0 Å². The summed E-state index contributed by atoms with van der Waals surface area (Å²) in [5, 5.41) is 8.98. The maximum absolute atomic E-state index is 10.9. The third-order valence-corrected chi connectivity index (χ3v) is 3.34. The Hall–Kier alpha value is -2.07. The summed E-state index contributed by atoms with van der Waals surface area (Å²) in [6.07, 6.45) is 3.42. The van der Waals surface area contributed by atoms with Crippen LogP contribution in [0.15, 0.2) is 47.3 Å². The molecule has 0 aliphatic heterocycles. The fraction of sp³-hybridized carbons (Fsp3) is 0.312. The quantitative estimate of drug-likeness (QED) is 0.878. The van der Waals surface area contributed by atoms with Gasteiger partial charge in [-0.25, -0.2) is 0 Å². The third-order valence-electron chi connectivity index (χ3n) is 3.34. The predicted octanol–water partition coefficient (Wildman–Crippen LogP) is 3.10. The van der Waals surface area contributed by atoms with E-state index in [1.807, 2.05) is 37.4 Å². The number of carboxylic acid groups (broad SMARTS) is 1. The van der Waals surface area contributed by atoms with Crippen molar-refractivity contribution in [3.8, 4) is 0 Å². The lowest BCUT2D eigenvalue weighted by molar-refractivity contribution is -0.138. The number of hydrogen-bond acceptors (Lipinski definition) is 3. The number of carbonyl (C=O) groups is 1. The third kappa shape index (κ3) is 3.71. The standard InChI is InChI=1S/C16H19NO3/c1-12(16(18)19)15-5-3-13(4-6-15)9-17(2)10-14-7-8-20-11-14/h3-8,11-12H,9-10H2,1-2H3,(H,18,19). The maximum Gasteiger partial charge on any atom is 0.310 e. The van der Waals surface area contributed by atoms with Gasteiger partial charge in [-0.15, -0.1) is 0 Å². The number of furan rings is 1. The van der Waals surface area contributed by atoms with Gasteiger partial charge in [-0.1, -0.05) is 24.3 Å². The van der Waals surface area contributed by atoms with Gasteiger partial charge in [0.25, 0.3) is 0 Å². The highest BCUT2D eigenvalue weighted by Crippen LogP contribution is 2.17. The fourth-order valence-corrected chi connectivity index (χ4v) is 2.12. The van der Waals surface area contributed by atoms with E-state index < -0.39 is 11.9 Å². The van der Waals surface area contributed by atoms with Crippen molar-refractivity contribution < 1.29 is 14.3 Å². The van der Waals surface area contributed by atoms with Crippen LogP contribution in [0.2, 0.25) is 0 Å². The molecule has 0 radical (unpaired) electrons. The number of carboxylic acids is 1. The average Bonchev–Trinajstić information content (AvgIpc) is 2.91. The van der Waals surface area contributed by atoms with Gasteiger partial charge in [0.1, 0.15) is 0 Å². The van der Waals surface area contributed by atoms with Gasteiger partial charge in [0, 0.05) is 18.7 Å². The lowest BCUT2D eigenvalue weighted by Gasteiger charge is -2.16. The van der Waals surface area contributed by atoms with Crippen molar-refractivity contribution in [3.63, 3.8) is 0 Å². The molecule has 1 aromatic carbocycles. The van der Waals surface area contributed by atoms with Crippen molar-refractivity contribution in [1.82, 2.24) is 4.90 Å². The highest BCUT2D eigenvalue weighted by atomic mass is 16.4. The number of hydrogen-bond donors (Lipinski definition) is 1. The van der Waals surface area contributed by atoms with Gasteiger partial charge in [-0.2, -0.15) is 0 Å². The second-order valence-electron chi connectivity index (χ2n) is 5.11. The van der Waals surface area contributed by atoms with Crippen molar-refractivity contribution in [2.24, 2.45) is 0 Å². The van der Waals surface area contributed by atoms with Crippen LogP contribution in [0.5, 0.6) is 0 Å². The molecule has 2 rings (SSSR count). The SMILES string of the molecule is CC(C(=O)O)c1ccc(CN(C)Cc2ccoc2)cc1. The van der Waals surface area contributed by atoms with E-state index in [4.69, 9.17) is 9.52 Å². The normalized spacial score (nSPS) is 12.6. The van der Waals surface area contributed by atoms with Crippen LogP contribution in [-0.2, 0) is 17.9 Å². The van der Waals surface area contributed by atoms with E-state index in [0.717, 1.165) is 29.8 Å². The summed E-state index contributed by atoms with van der Waals surface area (Å²) in [4.78, 5) is 13.1. The highest BCUT2D eigenvalue weighted by molar-refractivity contribution is 5.75. The number of nitrogens with zero attached hydrogens (tertiary/aromatic N) is 1. The zero-order valence-electron chi connectivity index (χ0n) is 11.7. The molecule has 1 N–H and O–H groups in total. The Morgan fingerprint density at radius 1 is 1.20 bits per heavy atom. The van der Waals surface area contributed by atoms with E-state index in [1.165, 1.54) is 0 Å². The average molecular weight is 273 g/mol. The van der Waals surface area contributed by atoms with Gasteiger partial charge in [-0.3, -0.25) is 9.69 Å². The molecule has 1 heterocycles. The minimum atomic E-state index is -0.796. The van der Waals surface area contributed by atoms with Gasteiger partial charge in [-0.05, 0) is 31.2 Å². The van der Waals surface area contributed by atoms with Gasteiger partial charge < -0.3 is 9.52 Å². The molecule has 0 spiro atoms. The largest absolute Gasteiger partial charge is 0.481 e. The Bertz CT molecular complexity index is 546. The first-order chi connectivity index (χ1) is 9.56. The number of aliphatic carboxylic acids is 1. The molecule has 2 aromatic rings. The maximum atomic E-state index is 10.9. The van der Waals surface area contributed by atoms with Crippen molar-refractivity contribution in [3.05, 3.63) is 59.5 Å². The zero-order chi connectivity index (χ0) is 14.5. The summed E-state index contributed by atoms with van der Waals surface area (Å²) in [6.45, 7) is 3.33. The van der Waals surface area contributed by atoms with E-state index in [0.29, 0.717) is 0 Å². The molecule has 1 atom stereocenters. The molecule has 4 nitrogen and oxygen atoms in total. The molecule has 0 aliphatic rings. The smallest absolute Gasteiger partial charge is 0.310 e. The van der Waals surface area contributed by atoms with Crippen molar-refractivity contribution >= 4 is 5.97 Å². The van der Waals surface area contributed by atoms with E-state index in [9.17, 15) is 4.79 Å². The molecular weight excluding hydrogens is 254 g/mol. The lowest BCUT2D eigenvalue weighted by Crippen LogP contribution is -2.17. The summed E-state index contributed by atoms with van der Waals surface area (Å²) in [5.41, 5.74) is 3.14. The molecule has 106 valence electrons. The highest BCUT2D eigenvalue weighted by Gasteiger charge is 2.13. The molecule has 1 aromatic heterocycles. The number of rotatable bonds is 6. The Kier molecular flexibility index (Phi) is 4.58. The number of benzene rings is 1. The Morgan fingerprint density at radius 2 is 1.85 bits per heavy atom. The molecule has 0 saturated carbocycles. The fourth-order valence-electron chi connectivity index (χ4n) is 2.12. The van der Waals surface area contributed by atoms with Crippen molar-refractivity contribution in [1.29, 1.82) is 0 Å². The van der Waals surface area contributed by atoms with Crippen LogP contribution in [0.4, 0.5) is 0 Å². The molecular formula is C16H19NO3. The van der Waals surface area contributed by atoms with Gasteiger partial charge in [0.05, 0.1) is 18.4 Å². The summed E-state index contributed by atoms with van der Waals surface area (Å²) in [5.74, 6) is -1.26.